The average molecular weight is 317 g/mol. The van der Waals surface area contributed by atoms with E-state index in [9.17, 15) is 0 Å². The standard InChI is InChI=1S/B3Br3H3N3/c4-1-7-2(5)9-3(6)8-1/h7-9H. The second-order valence-electron chi connectivity index (χ2n) is 1.59. The van der Waals surface area contributed by atoms with E-state index < -0.39 is 0 Å². The summed E-state index contributed by atoms with van der Waals surface area (Å²) in [6.45, 7) is 0. The first-order chi connectivity index (χ1) is 4.18. The van der Waals surface area contributed by atoms with Gasteiger partial charge in [-0.25, -0.2) is 0 Å². The van der Waals surface area contributed by atoms with Gasteiger partial charge in [0.25, 0.3) is 0 Å². The minimum atomic E-state index is 0.146. The van der Waals surface area contributed by atoms with Crippen molar-refractivity contribution in [1.82, 2.24) is 15.4 Å². The van der Waals surface area contributed by atoms with Crippen molar-refractivity contribution in [3.05, 3.63) is 0 Å². The van der Waals surface area contributed by atoms with Crippen molar-refractivity contribution < 1.29 is 0 Å². The first-order valence-electron chi connectivity index (χ1n) is 2.39. The maximum atomic E-state index is 3.35. The van der Waals surface area contributed by atoms with Crippen molar-refractivity contribution in [2.75, 3.05) is 0 Å². The van der Waals surface area contributed by atoms with Crippen LogP contribution in [0.3, 0.4) is 0 Å². The molecule has 3 nitrogen and oxygen atoms in total. The summed E-state index contributed by atoms with van der Waals surface area (Å²) in [6.07, 6.45) is 0. The van der Waals surface area contributed by atoms with E-state index in [1.807, 2.05) is 0 Å². The minimum Gasteiger partial charge on any atom is -0.351 e. The smallest absolute Gasteiger partial charge is 0.351 e. The van der Waals surface area contributed by atoms with Crippen LogP contribution in [0.4, 0.5) is 0 Å². The second kappa shape index (κ2) is 3.78. The monoisotopic (exact) mass is 315 g/mol. The lowest BCUT2D eigenvalue weighted by atomic mass is 9.84. The molecule has 1 aliphatic heterocycles. The molecule has 1 fully saturated rings. The zero-order chi connectivity index (χ0) is 6.85. The normalized spacial score (nSPS) is 21.0. The summed E-state index contributed by atoms with van der Waals surface area (Å²) >= 11 is 10.0. The summed E-state index contributed by atoms with van der Waals surface area (Å²) in [5.74, 6) is 0.437. The lowest BCUT2D eigenvalue weighted by Gasteiger charge is -2.23. The summed E-state index contributed by atoms with van der Waals surface area (Å²) < 4.78 is 0. The molecule has 48 valence electrons. The number of hydrogen-bond acceptors (Lipinski definition) is 3. The summed E-state index contributed by atoms with van der Waals surface area (Å²) in [5.41, 5.74) is 0. The van der Waals surface area contributed by atoms with Gasteiger partial charge in [-0.15, -0.1) is 47.3 Å². The predicted molar refractivity (Wildman–Crippen MR) is 53.5 cm³/mol. The largest absolute Gasteiger partial charge is 0.366 e. The van der Waals surface area contributed by atoms with E-state index in [1.54, 1.807) is 0 Å². The van der Waals surface area contributed by atoms with Gasteiger partial charge in [0.2, 0.25) is 0 Å². The van der Waals surface area contributed by atoms with E-state index in [0.717, 1.165) is 0 Å². The van der Waals surface area contributed by atoms with Crippen LogP contribution in [0.25, 0.3) is 0 Å². The van der Waals surface area contributed by atoms with Gasteiger partial charge < -0.3 is 15.4 Å². The molecular formula is H3B3Br3N3. The molecule has 0 aromatic rings. The molecule has 9 heteroatoms. The lowest BCUT2D eigenvalue weighted by Crippen LogP contribution is -2.69. The molecule has 0 bridgehead atoms. The van der Waals surface area contributed by atoms with Crippen molar-refractivity contribution in [3.63, 3.8) is 0 Å². The third kappa shape index (κ3) is 2.94. The third-order valence-electron chi connectivity index (χ3n) is 0.878. The van der Waals surface area contributed by atoms with Crippen LogP contribution in [-0.4, -0.2) is 17.4 Å². The Morgan fingerprint density at radius 3 is 1.11 bits per heavy atom. The fourth-order valence-corrected chi connectivity index (χ4v) is 3.18. The Hall–Kier alpha value is 1.51. The Bertz CT molecular complexity index is 75.3. The van der Waals surface area contributed by atoms with E-state index >= 15 is 0 Å². The summed E-state index contributed by atoms with van der Waals surface area (Å²) in [7, 11) is 0. The lowest BCUT2D eigenvalue weighted by molar-refractivity contribution is 1.26. The number of halogens is 3. The van der Waals surface area contributed by atoms with Gasteiger partial charge in [-0.3, -0.25) is 0 Å². The van der Waals surface area contributed by atoms with Gasteiger partial charge in [-0.1, -0.05) is 0 Å². The predicted octanol–water partition coefficient (Wildman–Crippen LogP) is -0.0918. The molecule has 0 spiro atoms. The Labute approximate surface area is 79.8 Å². The van der Waals surface area contributed by atoms with Gasteiger partial charge in [0, 0.05) is 0 Å². The molecule has 1 rings (SSSR count). The Kier molecular flexibility index (Phi) is 3.61. The zero-order valence-electron chi connectivity index (χ0n) is 4.37. The van der Waals surface area contributed by atoms with Crippen molar-refractivity contribution >= 4 is 64.7 Å². The summed E-state index contributed by atoms with van der Waals surface area (Å²) in [4.78, 5) is 0. The Morgan fingerprint density at radius 1 is 0.667 bits per heavy atom. The number of nitrogens with one attached hydrogen (secondary N) is 3. The molecule has 0 aromatic heterocycles. The van der Waals surface area contributed by atoms with Gasteiger partial charge in [0.15, 0.2) is 0 Å². The molecule has 0 radical (unpaired) electrons. The molecule has 0 saturated carbocycles. The molecule has 0 aromatic carbocycles. The molecular weight excluding hydrogens is 314 g/mol. The first kappa shape index (κ1) is 8.61. The van der Waals surface area contributed by atoms with E-state index in [0.29, 0.717) is 0 Å². The molecule has 0 unspecified atom stereocenters. The fourth-order valence-electron chi connectivity index (χ4n) is 0.530. The molecule has 1 aliphatic rings. The van der Waals surface area contributed by atoms with Gasteiger partial charge in [-0.05, 0) is 0 Å². The van der Waals surface area contributed by atoms with Crippen LogP contribution in [0, 0.1) is 0 Å². The van der Waals surface area contributed by atoms with Gasteiger partial charge in [0.1, 0.15) is 0 Å². The maximum absolute atomic E-state index is 3.35. The highest BCUT2D eigenvalue weighted by atomic mass is 79.9. The maximum Gasteiger partial charge on any atom is 0.366 e. The molecule has 0 aliphatic carbocycles. The highest BCUT2D eigenvalue weighted by Crippen LogP contribution is 1.99. The zero-order valence-corrected chi connectivity index (χ0v) is 9.12. The van der Waals surface area contributed by atoms with Crippen molar-refractivity contribution in [1.29, 1.82) is 0 Å². The first-order valence-corrected chi connectivity index (χ1v) is 5.13. The van der Waals surface area contributed by atoms with Crippen LogP contribution in [0.15, 0.2) is 0 Å². The van der Waals surface area contributed by atoms with Crippen molar-refractivity contribution in [3.8, 4) is 0 Å². The molecule has 3 N–H and O–H groups in total. The fraction of sp³-hybridized carbons (Fsp3) is 0. The van der Waals surface area contributed by atoms with E-state index in [2.05, 4.69) is 62.7 Å². The molecule has 0 atom stereocenters. The van der Waals surface area contributed by atoms with Crippen LogP contribution in [0.2, 0.25) is 0 Å². The van der Waals surface area contributed by atoms with E-state index in [4.69, 9.17) is 0 Å². The number of rotatable bonds is 0. The Morgan fingerprint density at radius 2 is 0.889 bits per heavy atom. The van der Waals surface area contributed by atoms with Gasteiger partial charge in [-0.2, -0.15) is 0 Å². The van der Waals surface area contributed by atoms with Crippen molar-refractivity contribution in [2.24, 2.45) is 0 Å². The summed E-state index contributed by atoms with van der Waals surface area (Å²) in [6, 6.07) is 0. The molecule has 0 amide bonds. The third-order valence-corrected chi connectivity index (χ3v) is 2.46. The van der Waals surface area contributed by atoms with Crippen LogP contribution in [-0.2, 0) is 0 Å². The number of hydrogen-bond donors (Lipinski definition) is 3. The van der Waals surface area contributed by atoms with Crippen molar-refractivity contribution in [2.45, 2.75) is 0 Å². The topological polar surface area (TPSA) is 36.1 Å². The second-order valence-corrected chi connectivity index (χ2v) is 4.33. The highest BCUT2D eigenvalue weighted by molar-refractivity contribution is 9.27. The molecule has 1 saturated heterocycles. The molecule has 1 heterocycles. The van der Waals surface area contributed by atoms with E-state index in [1.165, 1.54) is 0 Å². The van der Waals surface area contributed by atoms with Gasteiger partial charge in [0.05, 0.1) is 0 Å². The minimum absolute atomic E-state index is 0.146. The molecule has 9 heavy (non-hydrogen) atoms. The van der Waals surface area contributed by atoms with Gasteiger partial charge >= 0.3 is 17.4 Å². The van der Waals surface area contributed by atoms with E-state index in [-0.39, 0.29) is 17.4 Å². The Balaban J connectivity index is 2.34. The van der Waals surface area contributed by atoms with Crippen LogP contribution < -0.4 is 15.4 Å². The van der Waals surface area contributed by atoms with Crippen LogP contribution >= 0.6 is 47.3 Å². The average Bonchev–Trinajstić information content (AvgIpc) is 1.59. The van der Waals surface area contributed by atoms with Crippen LogP contribution in [0.5, 0.6) is 0 Å². The highest BCUT2D eigenvalue weighted by Gasteiger charge is 2.30. The van der Waals surface area contributed by atoms with Crippen LogP contribution in [0.1, 0.15) is 0 Å². The quantitative estimate of drug-likeness (QED) is 0.547. The SMILES string of the molecule is BrB1NB(Br)NB(Br)N1. The summed E-state index contributed by atoms with van der Waals surface area (Å²) in [5, 5.41) is 9.27.